The standard InChI is InChI=1S/C25H23N3O2S/c1-30-24(29)21-12-13-22(26-16-21)17-28(15-14-19-8-4-2-5-9-19)25-27-23(18-31-25)20-10-6-3-7-11-20/h2-13,16,18H,14-15,17H2,1H3. The summed E-state index contributed by atoms with van der Waals surface area (Å²) in [5, 5.41) is 3.04. The van der Waals surface area contributed by atoms with E-state index in [1.54, 1.807) is 23.6 Å². The Bertz CT molecular complexity index is 1110. The fourth-order valence-electron chi connectivity index (χ4n) is 3.25. The van der Waals surface area contributed by atoms with E-state index in [-0.39, 0.29) is 5.97 Å². The molecule has 0 saturated heterocycles. The van der Waals surface area contributed by atoms with Crippen molar-refractivity contribution < 1.29 is 9.53 Å². The summed E-state index contributed by atoms with van der Waals surface area (Å²) in [4.78, 5) is 23.3. The van der Waals surface area contributed by atoms with Crippen LogP contribution in [0, 0.1) is 0 Å². The molecule has 4 rings (SSSR count). The number of methoxy groups -OCH3 is 1. The molecule has 0 amide bonds. The Morgan fingerprint density at radius 1 is 1.00 bits per heavy atom. The van der Waals surface area contributed by atoms with Gasteiger partial charge in [0.2, 0.25) is 0 Å². The highest BCUT2D eigenvalue weighted by Gasteiger charge is 2.15. The maximum atomic E-state index is 11.7. The van der Waals surface area contributed by atoms with Gasteiger partial charge in [-0.15, -0.1) is 11.3 Å². The summed E-state index contributed by atoms with van der Waals surface area (Å²) in [5.41, 5.74) is 4.68. The van der Waals surface area contributed by atoms with Crippen molar-refractivity contribution in [3.8, 4) is 11.3 Å². The van der Waals surface area contributed by atoms with Crippen molar-refractivity contribution >= 4 is 22.4 Å². The van der Waals surface area contributed by atoms with Gasteiger partial charge in [-0.3, -0.25) is 4.98 Å². The molecule has 0 radical (unpaired) electrons. The fourth-order valence-corrected chi connectivity index (χ4v) is 4.12. The predicted molar refractivity (Wildman–Crippen MR) is 124 cm³/mol. The Morgan fingerprint density at radius 2 is 1.74 bits per heavy atom. The molecule has 2 aromatic heterocycles. The Balaban J connectivity index is 1.55. The number of benzene rings is 2. The molecule has 0 aliphatic rings. The third-order valence-corrected chi connectivity index (χ3v) is 5.85. The maximum absolute atomic E-state index is 11.7. The van der Waals surface area contributed by atoms with Crippen molar-refractivity contribution in [2.24, 2.45) is 0 Å². The average molecular weight is 430 g/mol. The van der Waals surface area contributed by atoms with E-state index in [9.17, 15) is 4.79 Å². The summed E-state index contributed by atoms with van der Waals surface area (Å²) in [6, 6.07) is 24.2. The minimum Gasteiger partial charge on any atom is -0.465 e. The van der Waals surface area contributed by atoms with Crippen molar-refractivity contribution in [3.63, 3.8) is 0 Å². The van der Waals surface area contributed by atoms with Crippen LogP contribution in [0.3, 0.4) is 0 Å². The number of ether oxygens (including phenoxy) is 1. The molecule has 31 heavy (non-hydrogen) atoms. The van der Waals surface area contributed by atoms with Gasteiger partial charge in [-0.05, 0) is 24.1 Å². The second kappa shape index (κ2) is 10.00. The van der Waals surface area contributed by atoms with Gasteiger partial charge in [-0.1, -0.05) is 60.7 Å². The van der Waals surface area contributed by atoms with E-state index in [0.29, 0.717) is 12.1 Å². The molecule has 0 N–H and O–H groups in total. The van der Waals surface area contributed by atoms with Crippen molar-refractivity contribution in [2.75, 3.05) is 18.6 Å². The third kappa shape index (κ3) is 5.35. The molecule has 156 valence electrons. The molecular formula is C25H23N3O2S. The van der Waals surface area contributed by atoms with Crippen LogP contribution in [0.2, 0.25) is 0 Å². The number of aromatic nitrogens is 2. The van der Waals surface area contributed by atoms with Crippen molar-refractivity contribution in [1.82, 2.24) is 9.97 Å². The molecule has 2 aromatic carbocycles. The van der Waals surface area contributed by atoms with Crippen LogP contribution in [0.15, 0.2) is 84.4 Å². The molecule has 0 fully saturated rings. The molecule has 0 aliphatic carbocycles. The van der Waals surface area contributed by atoms with Crippen LogP contribution < -0.4 is 4.90 Å². The van der Waals surface area contributed by atoms with Crippen molar-refractivity contribution in [2.45, 2.75) is 13.0 Å². The van der Waals surface area contributed by atoms with E-state index in [1.807, 2.05) is 30.3 Å². The van der Waals surface area contributed by atoms with Gasteiger partial charge in [0.1, 0.15) is 0 Å². The number of pyridine rings is 1. The lowest BCUT2D eigenvalue weighted by atomic mass is 10.1. The van der Waals surface area contributed by atoms with E-state index in [1.165, 1.54) is 12.7 Å². The number of esters is 1. The highest BCUT2D eigenvalue weighted by molar-refractivity contribution is 7.14. The zero-order valence-electron chi connectivity index (χ0n) is 17.3. The van der Waals surface area contributed by atoms with Crippen LogP contribution >= 0.6 is 11.3 Å². The van der Waals surface area contributed by atoms with Crippen LogP contribution in [0.4, 0.5) is 5.13 Å². The molecule has 5 nitrogen and oxygen atoms in total. The third-order valence-electron chi connectivity index (χ3n) is 4.94. The zero-order chi connectivity index (χ0) is 21.5. The summed E-state index contributed by atoms with van der Waals surface area (Å²) < 4.78 is 4.76. The van der Waals surface area contributed by atoms with E-state index in [4.69, 9.17) is 9.72 Å². The number of nitrogens with zero attached hydrogens (tertiary/aromatic N) is 3. The van der Waals surface area contributed by atoms with Crippen LogP contribution in [0.5, 0.6) is 0 Å². The van der Waals surface area contributed by atoms with Gasteiger partial charge >= 0.3 is 5.97 Å². The predicted octanol–water partition coefficient (Wildman–Crippen LogP) is 5.24. The van der Waals surface area contributed by atoms with Crippen LogP contribution in [0.25, 0.3) is 11.3 Å². The molecule has 0 aliphatic heterocycles. The fraction of sp³-hybridized carbons (Fsp3) is 0.160. The summed E-state index contributed by atoms with van der Waals surface area (Å²) in [6.45, 7) is 1.42. The first kappa shape index (κ1) is 20.8. The van der Waals surface area contributed by atoms with Crippen LogP contribution in [0.1, 0.15) is 21.6 Å². The average Bonchev–Trinajstić information content (AvgIpc) is 3.33. The lowest BCUT2D eigenvalue weighted by Gasteiger charge is -2.21. The SMILES string of the molecule is COC(=O)c1ccc(CN(CCc2ccccc2)c2nc(-c3ccccc3)cs2)nc1. The molecule has 0 spiro atoms. The minimum atomic E-state index is -0.382. The van der Waals surface area contributed by atoms with Crippen LogP contribution in [-0.2, 0) is 17.7 Å². The minimum absolute atomic E-state index is 0.382. The number of rotatable bonds is 8. The van der Waals surface area contributed by atoms with Gasteiger partial charge in [0, 0.05) is 23.7 Å². The molecule has 0 unspecified atom stereocenters. The van der Waals surface area contributed by atoms with E-state index < -0.39 is 0 Å². The van der Waals surface area contributed by atoms with E-state index in [2.05, 4.69) is 51.7 Å². The van der Waals surface area contributed by atoms with Gasteiger partial charge in [-0.25, -0.2) is 9.78 Å². The topological polar surface area (TPSA) is 55.3 Å². The lowest BCUT2D eigenvalue weighted by Crippen LogP contribution is -2.25. The summed E-state index contributed by atoms with van der Waals surface area (Å²) in [6.07, 6.45) is 2.47. The van der Waals surface area contributed by atoms with Crippen LogP contribution in [-0.4, -0.2) is 29.6 Å². The molecule has 2 heterocycles. The molecule has 0 bridgehead atoms. The van der Waals surface area contributed by atoms with Crippen molar-refractivity contribution in [3.05, 3.63) is 101 Å². The monoisotopic (exact) mass is 429 g/mol. The van der Waals surface area contributed by atoms with Gasteiger partial charge in [0.05, 0.1) is 30.6 Å². The second-order valence-electron chi connectivity index (χ2n) is 7.07. The normalized spacial score (nSPS) is 10.6. The van der Waals surface area contributed by atoms with Gasteiger partial charge in [0.25, 0.3) is 0 Å². The molecule has 4 aromatic rings. The Hall–Kier alpha value is -3.51. The first-order chi connectivity index (χ1) is 15.2. The molecule has 0 atom stereocenters. The Morgan fingerprint density at radius 3 is 2.42 bits per heavy atom. The number of anilines is 1. The highest BCUT2D eigenvalue weighted by atomic mass is 32.1. The number of carbonyl (C=O) groups excluding carboxylic acids is 1. The van der Waals surface area contributed by atoms with Gasteiger partial charge in [0.15, 0.2) is 5.13 Å². The second-order valence-corrected chi connectivity index (χ2v) is 7.90. The first-order valence-corrected chi connectivity index (χ1v) is 10.9. The first-order valence-electron chi connectivity index (χ1n) is 10.1. The number of hydrogen-bond donors (Lipinski definition) is 0. The van der Waals surface area contributed by atoms with Gasteiger partial charge in [-0.2, -0.15) is 0 Å². The quantitative estimate of drug-likeness (QED) is 0.359. The maximum Gasteiger partial charge on any atom is 0.339 e. The molecular weight excluding hydrogens is 406 g/mol. The zero-order valence-corrected chi connectivity index (χ0v) is 18.1. The molecule has 6 heteroatoms. The van der Waals surface area contributed by atoms with Crippen molar-refractivity contribution in [1.29, 1.82) is 0 Å². The Kier molecular flexibility index (Phi) is 6.69. The summed E-state index contributed by atoms with van der Waals surface area (Å²) in [5.74, 6) is -0.382. The van der Waals surface area contributed by atoms with E-state index in [0.717, 1.165) is 35.0 Å². The summed E-state index contributed by atoms with van der Waals surface area (Å²) in [7, 11) is 1.37. The highest BCUT2D eigenvalue weighted by Crippen LogP contribution is 2.28. The summed E-state index contributed by atoms with van der Waals surface area (Å²) >= 11 is 1.63. The molecule has 0 saturated carbocycles. The van der Waals surface area contributed by atoms with E-state index >= 15 is 0 Å². The smallest absolute Gasteiger partial charge is 0.339 e. The number of thiazole rings is 1. The number of carbonyl (C=O) groups is 1. The van der Waals surface area contributed by atoms with Gasteiger partial charge < -0.3 is 9.64 Å². The number of hydrogen-bond acceptors (Lipinski definition) is 6. The lowest BCUT2D eigenvalue weighted by molar-refractivity contribution is 0.0600. The largest absolute Gasteiger partial charge is 0.465 e. The Labute approximate surface area is 186 Å².